The number of hydrogen-bond acceptors (Lipinski definition) is 25. The Morgan fingerprint density at radius 2 is 0.849 bits per heavy atom. The first-order valence-electron chi connectivity index (χ1n) is 44.7. The van der Waals surface area contributed by atoms with E-state index in [1.165, 1.54) is 0 Å². The van der Waals surface area contributed by atoms with E-state index in [0.717, 1.165) is 109 Å². The first kappa shape index (κ1) is 99.0. The van der Waals surface area contributed by atoms with Gasteiger partial charge in [0.25, 0.3) is 11.8 Å². The minimum Gasteiger partial charge on any atom is -0.497 e. The zero-order valence-corrected chi connectivity index (χ0v) is 78.3. The SMILES string of the molecule is C=CCCC[C@@H]1C[C@H]1OC(=O)C[C@H](C(=O)N1C[C@H](Oc2nc3cc(OC)ccc3nc2C=C)[C@@H](CC)[C@H]1C(=O)OC(C)(C)C)C1CCCC1.C=CCCC[C@@H]1C[C@H]1OC(=O)C[C@H](C(=O)N1C[C@H](Oc2nc3cc(OC)ccc3nc2Cl)[C@@H](CC)[C@H]1C(=O)OC(C)(C)C)C1CCCC1.CC[C@@H]1[C@@H](Oc2nc3cc(OC)ccc3nc2Cl)CN[C@@H]1C(=O)OC(C)(C)C.Cl. The molecule has 13 rings (SSSR count). The summed E-state index contributed by atoms with van der Waals surface area (Å²) in [4.78, 5) is 127. The molecule has 0 unspecified atom stereocenters. The van der Waals surface area contributed by atoms with Crippen molar-refractivity contribution in [1.29, 1.82) is 0 Å². The average molecular weight is 1800 g/mol. The predicted octanol–water partition coefficient (Wildman–Crippen LogP) is 18.0. The van der Waals surface area contributed by atoms with Gasteiger partial charge in [-0.05, 0) is 225 Å². The van der Waals surface area contributed by atoms with Crippen LogP contribution in [0.3, 0.4) is 0 Å². The number of unbranched alkanes of at least 4 members (excludes halogenated alkanes) is 2. The molecule has 15 atom stereocenters. The lowest BCUT2D eigenvalue weighted by Crippen LogP contribution is -2.49. The number of rotatable bonds is 34. The number of allylic oxidation sites excluding steroid dienone is 2. The van der Waals surface area contributed by atoms with Crippen molar-refractivity contribution in [1.82, 2.24) is 45.0 Å². The van der Waals surface area contributed by atoms with Crippen LogP contribution in [0, 0.1) is 53.3 Å². The van der Waals surface area contributed by atoms with Crippen LogP contribution in [0.4, 0.5) is 0 Å². The molecule has 0 spiro atoms. The van der Waals surface area contributed by atoms with Gasteiger partial charge in [-0.15, -0.1) is 25.6 Å². The first-order valence-corrected chi connectivity index (χ1v) is 45.5. The molecule has 7 aliphatic rings. The zero-order valence-electron chi connectivity index (χ0n) is 75.9. The molecule has 2 amide bonds. The average Bonchev–Trinajstić information content (AvgIpc) is 1.63. The molecule has 3 aromatic carbocycles. The highest BCUT2D eigenvalue weighted by molar-refractivity contribution is 6.31. The zero-order chi connectivity index (χ0) is 90.4. The largest absolute Gasteiger partial charge is 0.497 e. The second-order valence-corrected chi connectivity index (χ2v) is 37.8. The van der Waals surface area contributed by atoms with E-state index in [0.29, 0.717) is 87.3 Å². The first-order chi connectivity index (χ1) is 59.6. The summed E-state index contributed by atoms with van der Waals surface area (Å²) in [6, 6.07) is 13.8. The molecule has 0 bridgehead atoms. The maximum Gasteiger partial charge on any atom is 0.329 e. The van der Waals surface area contributed by atoms with Crippen molar-refractivity contribution < 1.29 is 85.7 Å². The van der Waals surface area contributed by atoms with Crippen LogP contribution in [0.15, 0.2) is 86.5 Å². The molecular weight excluding hydrogens is 1670 g/mol. The number of hydrogen-bond donors (Lipinski definition) is 1. The fraction of sp³-hybridized carbons (Fsp3) is 0.615. The summed E-state index contributed by atoms with van der Waals surface area (Å²) in [6.45, 7) is 34.6. The number of esters is 5. The van der Waals surface area contributed by atoms with Crippen LogP contribution < -0.4 is 33.7 Å². The minimum atomic E-state index is -0.906. The highest BCUT2D eigenvalue weighted by atomic mass is 35.5. The van der Waals surface area contributed by atoms with Gasteiger partial charge >= 0.3 is 29.8 Å². The van der Waals surface area contributed by atoms with E-state index < -0.39 is 82.7 Å². The summed E-state index contributed by atoms with van der Waals surface area (Å²) in [5, 5.41) is 3.48. The number of likely N-dealkylation sites (tertiary alicyclic amines) is 2. The third kappa shape index (κ3) is 25.9. The van der Waals surface area contributed by atoms with E-state index >= 15 is 0 Å². The van der Waals surface area contributed by atoms with Crippen molar-refractivity contribution in [2.75, 3.05) is 41.0 Å². The van der Waals surface area contributed by atoms with E-state index in [1.54, 1.807) is 100 Å². The van der Waals surface area contributed by atoms with Gasteiger partial charge < -0.3 is 67.2 Å². The highest BCUT2D eigenvalue weighted by Gasteiger charge is 2.55. The summed E-state index contributed by atoms with van der Waals surface area (Å²) in [5.41, 5.74) is 2.03. The lowest BCUT2D eigenvalue weighted by molar-refractivity contribution is -0.167. The van der Waals surface area contributed by atoms with E-state index in [2.05, 4.69) is 45.0 Å². The van der Waals surface area contributed by atoms with Crippen molar-refractivity contribution >= 4 is 116 Å². The smallest absolute Gasteiger partial charge is 0.329 e. The molecule has 3 saturated heterocycles. The topological polar surface area (TPSA) is 317 Å². The molecule has 4 saturated carbocycles. The number of carbonyl (C=O) groups excluding carboxylic acids is 7. The molecule has 1 N–H and O–H groups in total. The molecule has 30 heteroatoms. The number of nitrogens with one attached hydrogen (secondary N) is 1. The van der Waals surface area contributed by atoms with Crippen LogP contribution in [0.25, 0.3) is 39.2 Å². The van der Waals surface area contributed by atoms with Crippen LogP contribution in [0.1, 0.15) is 224 Å². The Bertz CT molecular complexity index is 4810. The molecular formula is C96H130Cl3N9O18. The molecule has 0 radical (unpaired) electrons. The number of halogens is 3. The van der Waals surface area contributed by atoms with Gasteiger partial charge in [0.1, 0.15) is 88.4 Å². The Kier molecular flexibility index (Phi) is 34.7. The van der Waals surface area contributed by atoms with Gasteiger partial charge in [-0.2, -0.15) is 0 Å². The number of aromatic nitrogens is 6. The maximum atomic E-state index is 14.7. The van der Waals surface area contributed by atoms with Crippen molar-refractivity contribution in [3.05, 3.63) is 102 Å². The minimum absolute atomic E-state index is 0. The number of carbonyl (C=O) groups is 7. The highest BCUT2D eigenvalue weighted by Crippen LogP contribution is 2.46. The Morgan fingerprint density at radius 1 is 0.484 bits per heavy atom. The second-order valence-electron chi connectivity index (χ2n) is 37.1. The van der Waals surface area contributed by atoms with Gasteiger partial charge in [0.15, 0.2) is 10.3 Å². The van der Waals surface area contributed by atoms with Gasteiger partial charge in [0.05, 0.1) is 92.2 Å². The third-order valence-corrected chi connectivity index (χ3v) is 25.1. The third-order valence-electron chi connectivity index (χ3n) is 24.6. The van der Waals surface area contributed by atoms with Gasteiger partial charge in [0, 0.05) is 42.5 Å². The molecule has 126 heavy (non-hydrogen) atoms. The van der Waals surface area contributed by atoms with Crippen molar-refractivity contribution in [2.24, 2.45) is 53.3 Å². The number of methoxy groups -OCH3 is 3. The number of nitrogens with zero attached hydrogens (tertiary/aromatic N) is 8. The molecule has 27 nitrogen and oxygen atoms in total. The summed E-state index contributed by atoms with van der Waals surface area (Å²) in [7, 11) is 4.75. The number of amides is 2. The Balaban J connectivity index is 0.000000204. The van der Waals surface area contributed by atoms with Crippen LogP contribution >= 0.6 is 35.6 Å². The molecule has 3 aromatic heterocycles. The van der Waals surface area contributed by atoms with Crippen molar-refractivity contribution in [3.63, 3.8) is 0 Å². The summed E-state index contributed by atoms with van der Waals surface area (Å²) in [6.07, 6.45) is 20.7. The monoisotopic (exact) mass is 1800 g/mol. The van der Waals surface area contributed by atoms with E-state index in [9.17, 15) is 33.6 Å². The Hall–Kier alpha value is -9.18. The van der Waals surface area contributed by atoms with E-state index in [1.807, 2.05) is 86.6 Å². The van der Waals surface area contributed by atoms with Crippen LogP contribution in [0.5, 0.6) is 34.9 Å². The molecule has 688 valence electrons. The summed E-state index contributed by atoms with van der Waals surface area (Å²) >= 11 is 12.8. The van der Waals surface area contributed by atoms with Gasteiger partial charge in [-0.3, -0.25) is 24.0 Å². The Labute approximate surface area is 757 Å². The quantitative estimate of drug-likeness (QED) is 0.0170. The van der Waals surface area contributed by atoms with Crippen LogP contribution in [-0.2, 0) is 57.2 Å². The van der Waals surface area contributed by atoms with Gasteiger partial charge in [-0.25, -0.2) is 39.5 Å². The number of ether oxygens (including phenoxy) is 11. The maximum absolute atomic E-state index is 14.7. The fourth-order valence-electron chi connectivity index (χ4n) is 18.2. The van der Waals surface area contributed by atoms with Crippen molar-refractivity contribution in [3.8, 4) is 34.9 Å². The summed E-state index contributed by atoms with van der Waals surface area (Å²) < 4.78 is 64.2. The molecule has 7 fully saturated rings. The van der Waals surface area contributed by atoms with Gasteiger partial charge in [0.2, 0.25) is 17.7 Å². The second kappa shape index (κ2) is 44.2. The van der Waals surface area contributed by atoms with Crippen LogP contribution in [0.2, 0.25) is 10.3 Å². The summed E-state index contributed by atoms with van der Waals surface area (Å²) in [5.74, 6) is -1.10. The number of benzene rings is 3. The van der Waals surface area contributed by atoms with Crippen molar-refractivity contribution in [2.45, 2.75) is 283 Å². The van der Waals surface area contributed by atoms with Crippen LogP contribution in [-0.4, -0.2) is 188 Å². The Morgan fingerprint density at radius 3 is 1.21 bits per heavy atom. The lowest BCUT2D eigenvalue weighted by Gasteiger charge is -2.33. The predicted molar refractivity (Wildman–Crippen MR) is 485 cm³/mol. The van der Waals surface area contributed by atoms with Gasteiger partial charge in [-0.1, -0.05) is 88.4 Å². The van der Waals surface area contributed by atoms with E-state index in [-0.39, 0.29) is 132 Å². The standard InChI is InChI=1S/C39H53N3O7.C37H50ClN3O7.C20H26ClN3O4.ClH/c1-8-11-12-17-25-20-32(25)47-34(43)22-28(24-15-13-14-16-24)37(44)42-23-33(27(9-2)35(42)38(45)49-39(4,5)6)48-36-29(10-3)40-30-19-18-26(46-7)21-31(30)41-36;1-7-9-10-15-23-18-29(23)46-31(42)20-26(22-13-11-12-14-22)35(43)41-21-30(25(8-2)32(41)36(44)48-37(3,4)5)47-34-33(38)39-27-17-16-24(45-6)19-28(27)40-34;1-6-12-15(10-22-16(12)19(25)28-20(2,3)4)27-18-17(21)23-13-8-7-11(26-5)9-14(13)24-18;/h8,10,18-19,21,24-25,27-28,32-33,35H,1,3,9,11-17,20,22-23H2,2,4-7H3;7,16-17,19,22-23,25-26,29-30,32H,1,8-15,18,20-21H2,2-6H3;7-9,12,15-16,22H,6,10H2,1-5H3;1H/t25-,27-,28+,32-,33+,35+;23-,25-,26+,29-,30+,32+;12-,15+,16+;/m111./s1. The lowest BCUT2D eigenvalue weighted by atomic mass is 9.86. The number of fused-ring (bicyclic) bond motifs is 3. The fourth-order valence-corrected chi connectivity index (χ4v) is 18.6. The molecule has 3 aliphatic heterocycles. The normalized spacial score (nSPS) is 23.8. The molecule has 6 heterocycles. The van der Waals surface area contributed by atoms with E-state index in [4.69, 9.17) is 85.3 Å². The molecule has 6 aromatic rings. The molecule has 4 aliphatic carbocycles.